The summed E-state index contributed by atoms with van der Waals surface area (Å²) in [6.45, 7) is 2.55. The Bertz CT molecular complexity index is 520. The zero-order valence-corrected chi connectivity index (χ0v) is 19.2. The Hall–Kier alpha value is -1.55. The highest BCUT2D eigenvalue weighted by atomic mass is 16.4. The van der Waals surface area contributed by atoms with Gasteiger partial charge in [-0.1, -0.05) is 115 Å². The Morgan fingerprint density at radius 1 is 0.800 bits per heavy atom. The molecule has 0 aliphatic carbocycles. The maximum atomic E-state index is 11.1. The lowest BCUT2D eigenvalue weighted by atomic mass is 10.0. The fourth-order valence-corrected chi connectivity index (χ4v) is 3.98. The Morgan fingerprint density at radius 2 is 1.27 bits per heavy atom. The zero-order valence-electron chi connectivity index (χ0n) is 19.2. The van der Waals surface area contributed by atoms with E-state index in [0.29, 0.717) is 6.54 Å². The molecule has 0 bridgehead atoms. The number of benzene rings is 1. The van der Waals surface area contributed by atoms with Crippen molar-refractivity contribution >= 4 is 11.7 Å². The molecule has 0 aliphatic heterocycles. The first kappa shape index (κ1) is 26.5. The summed E-state index contributed by atoms with van der Waals surface area (Å²) >= 11 is 0. The van der Waals surface area contributed by atoms with Crippen LogP contribution in [-0.4, -0.2) is 35.4 Å². The molecular weight excluding hydrogens is 374 g/mol. The Morgan fingerprint density at radius 3 is 1.73 bits per heavy atom. The molecule has 0 aromatic heterocycles. The molecule has 0 spiro atoms. The Balaban J connectivity index is 2.01. The first-order valence-corrected chi connectivity index (χ1v) is 12.3. The number of hydrogen-bond acceptors (Lipinski definition) is 3. The highest BCUT2D eigenvalue weighted by molar-refractivity contribution is 5.73. The van der Waals surface area contributed by atoms with Crippen molar-refractivity contribution in [1.29, 1.82) is 0 Å². The molecule has 0 saturated heterocycles. The molecule has 1 rings (SSSR count). The molecule has 4 nitrogen and oxygen atoms in total. The quantitative estimate of drug-likeness (QED) is 0.228. The third kappa shape index (κ3) is 14.4. The molecule has 172 valence electrons. The standard InChI is InChI=1S/C26H45NO3/c1-2-3-4-5-6-7-8-9-10-11-12-13-14-18-21-25(28)22-27(23-26(29)30)24-19-16-15-17-20-24/h15-17,19-20,25,28H,2-14,18,21-23H2,1H3,(H,29,30). The molecule has 1 aromatic carbocycles. The van der Waals surface area contributed by atoms with Gasteiger partial charge in [0.2, 0.25) is 0 Å². The first-order valence-electron chi connectivity index (χ1n) is 12.3. The molecule has 1 atom stereocenters. The molecule has 4 heteroatoms. The van der Waals surface area contributed by atoms with Crippen molar-refractivity contribution in [3.63, 3.8) is 0 Å². The molecular formula is C26H45NO3. The van der Waals surface area contributed by atoms with E-state index < -0.39 is 12.1 Å². The monoisotopic (exact) mass is 419 g/mol. The lowest BCUT2D eigenvalue weighted by Crippen LogP contribution is -2.36. The summed E-state index contributed by atoms with van der Waals surface area (Å²) in [6.07, 6.45) is 18.8. The lowest BCUT2D eigenvalue weighted by molar-refractivity contribution is -0.135. The van der Waals surface area contributed by atoms with Crippen LogP contribution in [0.3, 0.4) is 0 Å². The largest absolute Gasteiger partial charge is 0.480 e. The Labute approximate surface area is 184 Å². The van der Waals surface area contributed by atoms with E-state index in [9.17, 15) is 9.90 Å². The van der Waals surface area contributed by atoms with Gasteiger partial charge in [-0.05, 0) is 18.6 Å². The number of carbonyl (C=O) groups is 1. The molecule has 30 heavy (non-hydrogen) atoms. The number of aliphatic hydroxyl groups excluding tert-OH is 1. The summed E-state index contributed by atoms with van der Waals surface area (Å²) in [5, 5.41) is 19.5. The molecule has 0 amide bonds. The molecule has 0 saturated carbocycles. The van der Waals surface area contributed by atoms with E-state index in [1.54, 1.807) is 4.90 Å². The molecule has 0 fully saturated rings. The average Bonchev–Trinajstić information content (AvgIpc) is 2.74. The number of aliphatic carboxylic acids is 1. The van der Waals surface area contributed by atoms with Gasteiger partial charge in [0, 0.05) is 12.2 Å². The summed E-state index contributed by atoms with van der Waals surface area (Å²) in [4.78, 5) is 12.9. The van der Waals surface area contributed by atoms with Crippen LogP contribution in [0.15, 0.2) is 30.3 Å². The maximum absolute atomic E-state index is 11.1. The highest BCUT2D eigenvalue weighted by Gasteiger charge is 2.15. The van der Waals surface area contributed by atoms with Crippen molar-refractivity contribution in [2.24, 2.45) is 0 Å². The number of nitrogens with zero attached hydrogens (tertiary/aromatic N) is 1. The fraction of sp³-hybridized carbons (Fsp3) is 0.731. The second-order valence-electron chi connectivity index (χ2n) is 8.65. The number of rotatable bonds is 20. The second-order valence-corrected chi connectivity index (χ2v) is 8.65. The molecule has 1 unspecified atom stereocenters. The Kier molecular flexibility index (Phi) is 16.1. The average molecular weight is 420 g/mol. The van der Waals surface area contributed by atoms with Crippen molar-refractivity contribution in [3.05, 3.63) is 30.3 Å². The molecule has 0 radical (unpaired) electrons. The number of hydrogen-bond donors (Lipinski definition) is 2. The summed E-state index contributed by atoms with van der Waals surface area (Å²) in [7, 11) is 0. The number of carboxylic acids is 1. The number of para-hydroxylation sites is 1. The minimum atomic E-state index is -0.873. The molecule has 0 heterocycles. The van der Waals surface area contributed by atoms with Crippen molar-refractivity contribution in [2.75, 3.05) is 18.0 Å². The van der Waals surface area contributed by atoms with Crippen LogP contribution in [0.1, 0.15) is 103 Å². The third-order valence-electron chi connectivity index (χ3n) is 5.77. The first-order chi connectivity index (χ1) is 14.6. The van der Waals surface area contributed by atoms with Crippen LogP contribution in [0, 0.1) is 0 Å². The molecule has 2 N–H and O–H groups in total. The molecule has 1 aromatic rings. The number of carboxylic acid groups (broad SMARTS) is 1. The van der Waals surface area contributed by atoms with Crippen molar-refractivity contribution in [2.45, 2.75) is 109 Å². The number of unbranched alkanes of at least 4 members (excludes halogenated alkanes) is 13. The van der Waals surface area contributed by atoms with Crippen LogP contribution in [-0.2, 0) is 4.79 Å². The third-order valence-corrected chi connectivity index (χ3v) is 5.77. The van der Waals surface area contributed by atoms with Crippen LogP contribution in [0.2, 0.25) is 0 Å². The van der Waals surface area contributed by atoms with Gasteiger partial charge in [0.15, 0.2) is 0 Å². The topological polar surface area (TPSA) is 60.8 Å². The molecule has 0 aliphatic rings. The van der Waals surface area contributed by atoms with E-state index in [2.05, 4.69) is 6.92 Å². The predicted octanol–water partition coefficient (Wildman–Crippen LogP) is 6.81. The van der Waals surface area contributed by atoms with Crippen LogP contribution < -0.4 is 4.90 Å². The van der Waals surface area contributed by atoms with Crippen LogP contribution in [0.25, 0.3) is 0 Å². The van der Waals surface area contributed by atoms with Crippen molar-refractivity contribution in [1.82, 2.24) is 0 Å². The van der Waals surface area contributed by atoms with Gasteiger partial charge in [0.1, 0.15) is 6.54 Å². The summed E-state index contributed by atoms with van der Waals surface area (Å²) in [5.41, 5.74) is 0.847. The van der Waals surface area contributed by atoms with E-state index in [1.807, 2.05) is 30.3 Å². The van der Waals surface area contributed by atoms with E-state index in [0.717, 1.165) is 24.9 Å². The minimum Gasteiger partial charge on any atom is -0.480 e. The van der Waals surface area contributed by atoms with Gasteiger partial charge in [0.25, 0.3) is 0 Å². The maximum Gasteiger partial charge on any atom is 0.323 e. The van der Waals surface area contributed by atoms with Gasteiger partial charge in [-0.15, -0.1) is 0 Å². The SMILES string of the molecule is CCCCCCCCCCCCCCCCC(O)CN(CC(=O)O)c1ccccc1. The minimum absolute atomic E-state index is 0.0835. The normalized spacial score (nSPS) is 12.1. The van der Waals surface area contributed by atoms with Gasteiger partial charge in [-0.3, -0.25) is 4.79 Å². The van der Waals surface area contributed by atoms with Gasteiger partial charge in [-0.25, -0.2) is 0 Å². The van der Waals surface area contributed by atoms with Crippen LogP contribution in [0.4, 0.5) is 5.69 Å². The van der Waals surface area contributed by atoms with Crippen LogP contribution >= 0.6 is 0 Å². The van der Waals surface area contributed by atoms with Gasteiger partial charge in [-0.2, -0.15) is 0 Å². The fourth-order valence-electron chi connectivity index (χ4n) is 3.98. The summed E-state index contributed by atoms with van der Waals surface area (Å²) in [6, 6.07) is 9.48. The summed E-state index contributed by atoms with van der Waals surface area (Å²) < 4.78 is 0. The van der Waals surface area contributed by atoms with Crippen molar-refractivity contribution < 1.29 is 15.0 Å². The van der Waals surface area contributed by atoms with Crippen LogP contribution in [0.5, 0.6) is 0 Å². The smallest absolute Gasteiger partial charge is 0.323 e. The highest BCUT2D eigenvalue weighted by Crippen LogP contribution is 2.16. The van der Waals surface area contributed by atoms with E-state index in [1.165, 1.54) is 77.0 Å². The number of aliphatic hydroxyl groups is 1. The van der Waals surface area contributed by atoms with E-state index in [-0.39, 0.29) is 6.54 Å². The lowest BCUT2D eigenvalue weighted by Gasteiger charge is -2.25. The zero-order chi connectivity index (χ0) is 21.9. The summed E-state index contributed by atoms with van der Waals surface area (Å²) in [5.74, 6) is -0.873. The van der Waals surface area contributed by atoms with Gasteiger partial charge < -0.3 is 15.1 Å². The van der Waals surface area contributed by atoms with E-state index in [4.69, 9.17) is 5.11 Å². The van der Waals surface area contributed by atoms with Gasteiger partial charge in [0.05, 0.1) is 6.10 Å². The second kappa shape index (κ2) is 18.2. The van der Waals surface area contributed by atoms with Crippen molar-refractivity contribution in [3.8, 4) is 0 Å². The van der Waals surface area contributed by atoms with E-state index >= 15 is 0 Å². The predicted molar refractivity (Wildman–Crippen MR) is 127 cm³/mol. The van der Waals surface area contributed by atoms with Gasteiger partial charge >= 0.3 is 5.97 Å². The number of anilines is 1.